The van der Waals surface area contributed by atoms with Crippen LogP contribution in [0.3, 0.4) is 0 Å². The zero-order valence-corrected chi connectivity index (χ0v) is 8.80. The number of nitro groups is 1. The Balaban J connectivity index is 2.19. The van der Waals surface area contributed by atoms with Gasteiger partial charge in [0.15, 0.2) is 0 Å². The van der Waals surface area contributed by atoms with Crippen molar-refractivity contribution in [3.05, 3.63) is 40.4 Å². The van der Waals surface area contributed by atoms with Gasteiger partial charge in [0, 0.05) is 17.8 Å². The van der Waals surface area contributed by atoms with Crippen LogP contribution in [-0.4, -0.2) is 17.4 Å². The first-order valence-corrected chi connectivity index (χ1v) is 5.06. The molecule has 0 N–H and O–H groups in total. The molecule has 0 saturated heterocycles. The third-order valence-electron chi connectivity index (χ3n) is 1.95. The van der Waals surface area contributed by atoms with Crippen molar-refractivity contribution in [1.82, 2.24) is 0 Å². The van der Waals surface area contributed by atoms with Gasteiger partial charge in [-0.2, -0.15) is 0 Å². The number of esters is 1. The van der Waals surface area contributed by atoms with Crippen molar-refractivity contribution in [2.24, 2.45) is 0 Å². The number of para-hydroxylation sites is 1. The van der Waals surface area contributed by atoms with E-state index in [1.807, 2.05) is 6.07 Å². The molecule has 5 heteroatoms. The van der Waals surface area contributed by atoms with E-state index in [1.54, 1.807) is 24.3 Å². The standard InChI is InChI=1S/C11H13NO4/c13-11(8-4-5-9-12(14)15)16-10-6-2-1-3-7-10/h1-3,6-7H,4-5,8-9H2. The molecule has 5 nitrogen and oxygen atoms in total. The average Bonchev–Trinajstić information content (AvgIpc) is 2.25. The number of carbonyl (C=O) groups is 1. The number of hydrogen-bond acceptors (Lipinski definition) is 4. The molecule has 0 aromatic heterocycles. The molecule has 0 fully saturated rings. The number of unbranched alkanes of at least 4 members (excludes halogenated alkanes) is 1. The third-order valence-corrected chi connectivity index (χ3v) is 1.95. The van der Waals surface area contributed by atoms with Crippen molar-refractivity contribution in [2.75, 3.05) is 6.54 Å². The molecule has 0 aliphatic heterocycles. The molecule has 0 saturated carbocycles. The van der Waals surface area contributed by atoms with E-state index in [0.717, 1.165) is 0 Å². The van der Waals surface area contributed by atoms with Crippen molar-refractivity contribution in [1.29, 1.82) is 0 Å². The Morgan fingerprint density at radius 2 is 1.94 bits per heavy atom. The molecular weight excluding hydrogens is 210 g/mol. The maximum absolute atomic E-state index is 11.3. The molecule has 0 amide bonds. The highest BCUT2D eigenvalue weighted by Gasteiger charge is 2.05. The van der Waals surface area contributed by atoms with Crippen LogP contribution in [0.5, 0.6) is 5.75 Å². The topological polar surface area (TPSA) is 69.4 Å². The fraction of sp³-hybridized carbons (Fsp3) is 0.364. The molecular formula is C11H13NO4. The molecule has 0 aliphatic carbocycles. The van der Waals surface area contributed by atoms with Crippen molar-refractivity contribution in [2.45, 2.75) is 19.3 Å². The summed E-state index contributed by atoms with van der Waals surface area (Å²) < 4.78 is 5.01. The molecule has 1 aromatic rings. The Morgan fingerprint density at radius 3 is 2.56 bits per heavy atom. The zero-order chi connectivity index (χ0) is 11.8. The highest BCUT2D eigenvalue weighted by atomic mass is 16.6. The zero-order valence-electron chi connectivity index (χ0n) is 8.80. The van der Waals surface area contributed by atoms with E-state index < -0.39 is 0 Å². The first-order valence-electron chi connectivity index (χ1n) is 5.06. The lowest BCUT2D eigenvalue weighted by atomic mass is 10.2. The Labute approximate surface area is 93.2 Å². The van der Waals surface area contributed by atoms with Gasteiger partial charge in [-0.15, -0.1) is 0 Å². The number of benzene rings is 1. The Morgan fingerprint density at radius 1 is 1.25 bits per heavy atom. The molecule has 0 heterocycles. The van der Waals surface area contributed by atoms with Gasteiger partial charge < -0.3 is 4.74 Å². The molecule has 1 rings (SSSR count). The SMILES string of the molecule is O=C(CCCC[N+](=O)[O-])Oc1ccccc1. The minimum absolute atomic E-state index is 0.0986. The lowest BCUT2D eigenvalue weighted by Crippen LogP contribution is -2.08. The summed E-state index contributed by atoms with van der Waals surface area (Å²) in [5, 5.41) is 10.0. The van der Waals surface area contributed by atoms with Gasteiger partial charge >= 0.3 is 5.97 Å². The monoisotopic (exact) mass is 223 g/mol. The molecule has 1 aromatic carbocycles. The minimum atomic E-state index is -0.386. The summed E-state index contributed by atoms with van der Waals surface area (Å²) in [5.41, 5.74) is 0. The largest absolute Gasteiger partial charge is 0.427 e. The van der Waals surface area contributed by atoms with Crippen LogP contribution in [0, 0.1) is 10.1 Å². The van der Waals surface area contributed by atoms with Gasteiger partial charge in [-0.25, -0.2) is 0 Å². The number of ether oxygens (including phenoxy) is 1. The minimum Gasteiger partial charge on any atom is -0.427 e. The highest BCUT2D eigenvalue weighted by molar-refractivity contribution is 5.72. The van der Waals surface area contributed by atoms with Crippen LogP contribution < -0.4 is 4.74 Å². The number of carbonyl (C=O) groups excluding carboxylic acids is 1. The number of hydrogen-bond donors (Lipinski definition) is 0. The van der Waals surface area contributed by atoms with Gasteiger partial charge in [0.1, 0.15) is 5.75 Å². The van der Waals surface area contributed by atoms with E-state index in [0.29, 0.717) is 18.6 Å². The Hall–Kier alpha value is -1.91. The lowest BCUT2D eigenvalue weighted by Gasteiger charge is -2.02. The normalized spacial score (nSPS) is 9.75. The molecule has 86 valence electrons. The summed E-state index contributed by atoms with van der Waals surface area (Å²) in [4.78, 5) is 20.9. The first kappa shape index (κ1) is 12.2. The van der Waals surface area contributed by atoms with Crippen molar-refractivity contribution in [3.8, 4) is 5.75 Å². The van der Waals surface area contributed by atoms with Crippen molar-refractivity contribution < 1.29 is 14.5 Å². The summed E-state index contributed by atoms with van der Waals surface area (Å²) in [7, 11) is 0. The summed E-state index contributed by atoms with van der Waals surface area (Å²) in [6, 6.07) is 8.75. The first-order chi connectivity index (χ1) is 7.68. The maximum Gasteiger partial charge on any atom is 0.311 e. The summed E-state index contributed by atoms with van der Waals surface area (Å²) in [5.74, 6) is 0.149. The second-order valence-electron chi connectivity index (χ2n) is 3.30. The van der Waals surface area contributed by atoms with Crippen LogP contribution in [0.25, 0.3) is 0 Å². The third kappa shape index (κ3) is 5.09. The maximum atomic E-state index is 11.3. The summed E-state index contributed by atoms with van der Waals surface area (Å²) >= 11 is 0. The lowest BCUT2D eigenvalue weighted by molar-refractivity contribution is -0.480. The average molecular weight is 223 g/mol. The fourth-order valence-corrected chi connectivity index (χ4v) is 1.18. The van der Waals surface area contributed by atoms with E-state index in [9.17, 15) is 14.9 Å². The van der Waals surface area contributed by atoms with Crippen molar-refractivity contribution >= 4 is 5.97 Å². The van der Waals surface area contributed by atoms with E-state index in [2.05, 4.69) is 0 Å². The molecule has 16 heavy (non-hydrogen) atoms. The van der Waals surface area contributed by atoms with E-state index >= 15 is 0 Å². The van der Waals surface area contributed by atoms with E-state index in [4.69, 9.17) is 4.74 Å². The van der Waals surface area contributed by atoms with Crippen LogP contribution in [-0.2, 0) is 4.79 Å². The van der Waals surface area contributed by atoms with Gasteiger partial charge in [-0.3, -0.25) is 14.9 Å². The molecule has 0 bridgehead atoms. The predicted octanol–water partition coefficient (Wildman–Crippen LogP) is 2.04. The van der Waals surface area contributed by atoms with Gasteiger partial charge in [0.2, 0.25) is 6.54 Å². The second kappa shape index (κ2) is 6.55. The van der Waals surface area contributed by atoms with Crippen LogP contribution in [0.2, 0.25) is 0 Å². The predicted molar refractivity (Wildman–Crippen MR) is 57.8 cm³/mol. The van der Waals surface area contributed by atoms with Gasteiger partial charge in [-0.05, 0) is 18.6 Å². The second-order valence-corrected chi connectivity index (χ2v) is 3.30. The van der Waals surface area contributed by atoms with Crippen molar-refractivity contribution in [3.63, 3.8) is 0 Å². The summed E-state index contributed by atoms with van der Waals surface area (Å²) in [6.45, 7) is -0.0986. The van der Waals surface area contributed by atoms with Crippen LogP contribution in [0.1, 0.15) is 19.3 Å². The molecule has 0 unspecified atom stereocenters. The fourth-order valence-electron chi connectivity index (χ4n) is 1.18. The van der Waals surface area contributed by atoms with Crippen LogP contribution in [0.15, 0.2) is 30.3 Å². The molecule has 0 spiro atoms. The number of nitrogens with zero attached hydrogens (tertiary/aromatic N) is 1. The van der Waals surface area contributed by atoms with E-state index in [-0.39, 0.29) is 23.9 Å². The van der Waals surface area contributed by atoms with Crippen LogP contribution >= 0.6 is 0 Å². The smallest absolute Gasteiger partial charge is 0.311 e. The highest BCUT2D eigenvalue weighted by Crippen LogP contribution is 2.10. The molecule has 0 atom stereocenters. The van der Waals surface area contributed by atoms with Gasteiger partial charge in [-0.1, -0.05) is 18.2 Å². The quantitative estimate of drug-likeness (QED) is 0.243. The molecule has 0 aliphatic rings. The van der Waals surface area contributed by atoms with Gasteiger partial charge in [0.05, 0.1) is 0 Å². The van der Waals surface area contributed by atoms with E-state index in [1.165, 1.54) is 0 Å². The number of rotatable bonds is 6. The molecule has 0 radical (unpaired) electrons. The summed E-state index contributed by atoms with van der Waals surface area (Å²) in [6.07, 6.45) is 1.09. The van der Waals surface area contributed by atoms with Gasteiger partial charge in [0.25, 0.3) is 0 Å². The Bertz CT molecular complexity index is 350. The Kier molecular flexibility index (Phi) is 4.98. The van der Waals surface area contributed by atoms with Crippen LogP contribution in [0.4, 0.5) is 0 Å².